The minimum absolute atomic E-state index is 0.0534. The second kappa shape index (κ2) is 5.39. The van der Waals surface area contributed by atoms with E-state index in [1.54, 1.807) is 0 Å². The zero-order chi connectivity index (χ0) is 13.0. The van der Waals surface area contributed by atoms with Crippen molar-refractivity contribution in [2.24, 2.45) is 0 Å². The molecule has 0 aromatic heterocycles. The number of phenolic OH excluding ortho intramolecular Hbond substituents is 1. The Kier molecular flexibility index (Phi) is 4.15. The zero-order valence-corrected chi connectivity index (χ0v) is 9.41. The molecule has 0 saturated heterocycles. The molecule has 0 saturated carbocycles. The van der Waals surface area contributed by atoms with Crippen molar-refractivity contribution in [3.05, 3.63) is 17.7 Å². The van der Waals surface area contributed by atoms with Crippen molar-refractivity contribution < 1.29 is 24.8 Å². The van der Waals surface area contributed by atoms with Crippen molar-refractivity contribution in [1.29, 1.82) is 5.26 Å². The van der Waals surface area contributed by atoms with Gasteiger partial charge in [-0.2, -0.15) is 5.26 Å². The van der Waals surface area contributed by atoms with E-state index >= 15 is 0 Å². The maximum atomic E-state index is 9.71. The van der Waals surface area contributed by atoms with Gasteiger partial charge in [0.25, 0.3) is 0 Å². The number of hydrogen-bond donors (Lipinski definition) is 3. The lowest BCUT2D eigenvalue weighted by molar-refractivity contribution is 0.0493. The molecule has 1 aromatic rings. The molecule has 0 heterocycles. The Balaban J connectivity index is 3.28. The average molecular weight is 239 g/mol. The Morgan fingerprint density at radius 1 is 1.24 bits per heavy atom. The zero-order valence-electron chi connectivity index (χ0n) is 9.41. The maximum Gasteiger partial charge on any atom is 0.170 e. The highest BCUT2D eigenvalue weighted by atomic mass is 16.5. The van der Waals surface area contributed by atoms with E-state index in [0.717, 1.165) is 0 Å². The largest absolute Gasteiger partial charge is 0.507 e. The molecule has 0 amide bonds. The van der Waals surface area contributed by atoms with Crippen LogP contribution < -0.4 is 9.47 Å². The first kappa shape index (κ1) is 13.1. The van der Waals surface area contributed by atoms with E-state index in [1.165, 1.54) is 32.4 Å². The van der Waals surface area contributed by atoms with Crippen LogP contribution >= 0.6 is 0 Å². The predicted octanol–water partition coefficient (Wildman–Crippen LogP) is 0.327. The standard InChI is InChI=1S/C11H13NO5/c1-16-6-3-7(13)10(9(4-6)17-2)11(15)8(14)5-12/h3-4,8,11,13-15H,1-2H3. The van der Waals surface area contributed by atoms with Gasteiger partial charge >= 0.3 is 0 Å². The highest BCUT2D eigenvalue weighted by Gasteiger charge is 2.25. The number of nitrogens with zero attached hydrogens (tertiary/aromatic N) is 1. The Hall–Kier alpha value is -1.97. The Morgan fingerprint density at radius 2 is 1.88 bits per heavy atom. The third-order valence-electron chi connectivity index (χ3n) is 2.28. The minimum atomic E-state index is -1.65. The number of benzene rings is 1. The fourth-order valence-corrected chi connectivity index (χ4v) is 1.40. The van der Waals surface area contributed by atoms with Crippen LogP contribution in [0.1, 0.15) is 11.7 Å². The predicted molar refractivity (Wildman–Crippen MR) is 57.8 cm³/mol. The SMILES string of the molecule is COc1cc(O)c(C(O)C(O)C#N)c(OC)c1. The van der Waals surface area contributed by atoms with Gasteiger partial charge in [-0.05, 0) is 0 Å². The van der Waals surface area contributed by atoms with Crippen LogP contribution in [0.15, 0.2) is 12.1 Å². The summed E-state index contributed by atoms with van der Waals surface area (Å²) >= 11 is 0. The lowest BCUT2D eigenvalue weighted by Gasteiger charge is -2.18. The second-order valence-corrected chi connectivity index (χ2v) is 3.28. The van der Waals surface area contributed by atoms with Crippen molar-refractivity contribution in [3.63, 3.8) is 0 Å². The molecule has 2 atom stereocenters. The highest BCUT2D eigenvalue weighted by Crippen LogP contribution is 2.38. The third kappa shape index (κ3) is 2.58. The molecule has 0 fully saturated rings. The van der Waals surface area contributed by atoms with Crippen molar-refractivity contribution in [3.8, 4) is 23.3 Å². The molecule has 0 aliphatic carbocycles. The molecule has 0 spiro atoms. The summed E-state index contributed by atoms with van der Waals surface area (Å²) in [5.74, 6) is 0.147. The number of hydrogen-bond acceptors (Lipinski definition) is 6. The summed E-state index contributed by atoms with van der Waals surface area (Å²) in [5, 5.41) is 37.2. The van der Waals surface area contributed by atoms with Gasteiger partial charge in [-0.3, -0.25) is 0 Å². The van der Waals surface area contributed by atoms with E-state index in [0.29, 0.717) is 5.75 Å². The number of phenols is 1. The number of methoxy groups -OCH3 is 2. The molecule has 0 aliphatic heterocycles. The van der Waals surface area contributed by atoms with Crippen LogP contribution in [-0.4, -0.2) is 35.6 Å². The molecule has 1 rings (SSSR count). The molecule has 2 unspecified atom stereocenters. The number of ether oxygens (including phenoxy) is 2. The Morgan fingerprint density at radius 3 is 2.35 bits per heavy atom. The Labute approximate surface area is 98.3 Å². The van der Waals surface area contributed by atoms with E-state index in [4.69, 9.17) is 14.7 Å². The van der Waals surface area contributed by atoms with E-state index in [2.05, 4.69) is 0 Å². The van der Waals surface area contributed by atoms with Gasteiger partial charge in [0, 0.05) is 12.1 Å². The van der Waals surface area contributed by atoms with Gasteiger partial charge in [0.2, 0.25) is 0 Å². The molecule has 92 valence electrons. The van der Waals surface area contributed by atoms with Crippen LogP contribution in [0, 0.1) is 11.3 Å². The van der Waals surface area contributed by atoms with E-state index in [-0.39, 0.29) is 17.1 Å². The van der Waals surface area contributed by atoms with Crippen LogP contribution in [0.5, 0.6) is 17.2 Å². The van der Waals surface area contributed by atoms with E-state index in [9.17, 15) is 15.3 Å². The van der Waals surface area contributed by atoms with Gasteiger partial charge in [-0.25, -0.2) is 0 Å². The van der Waals surface area contributed by atoms with Crippen molar-refractivity contribution in [1.82, 2.24) is 0 Å². The van der Waals surface area contributed by atoms with Gasteiger partial charge in [-0.1, -0.05) is 0 Å². The van der Waals surface area contributed by atoms with Crippen molar-refractivity contribution in [2.75, 3.05) is 14.2 Å². The van der Waals surface area contributed by atoms with Gasteiger partial charge in [0.15, 0.2) is 6.10 Å². The van der Waals surface area contributed by atoms with Gasteiger partial charge < -0.3 is 24.8 Å². The molecule has 0 radical (unpaired) electrons. The molecule has 6 nitrogen and oxygen atoms in total. The second-order valence-electron chi connectivity index (χ2n) is 3.28. The van der Waals surface area contributed by atoms with Crippen LogP contribution in [0.3, 0.4) is 0 Å². The van der Waals surface area contributed by atoms with Crippen LogP contribution in [0.4, 0.5) is 0 Å². The number of aliphatic hydroxyl groups is 2. The molecular formula is C11H13NO5. The molecule has 6 heteroatoms. The van der Waals surface area contributed by atoms with Crippen LogP contribution in [-0.2, 0) is 0 Å². The first-order chi connectivity index (χ1) is 8.04. The summed E-state index contributed by atoms with van der Waals surface area (Å²) in [6, 6.07) is 4.17. The smallest absolute Gasteiger partial charge is 0.170 e. The van der Waals surface area contributed by atoms with Crippen molar-refractivity contribution in [2.45, 2.75) is 12.2 Å². The van der Waals surface area contributed by atoms with Gasteiger partial charge in [0.1, 0.15) is 23.4 Å². The number of rotatable bonds is 4. The van der Waals surface area contributed by atoms with Crippen molar-refractivity contribution >= 4 is 0 Å². The normalized spacial score (nSPS) is 13.6. The average Bonchev–Trinajstić information content (AvgIpc) is 2.35. The summed E-state index contributed by atoms with van der Waals surface area (Å²) in [6.07, 6.45) is -3.20. The van der Waals surface area contributed by atoms with Gasteiger partial charge in [-0.15, -0.1) is 0 Å². The summed E-state index contributed by atoms with van der Waals surface area (Å²) in [5.41, 5.74) is -0.0534. The maximum absolute atomic E-state index is 9.71. The number of aromatic hydroxyl groups is 1. The summed E-state index contributed by atoms with van der Waals surface area (Å²) < 4.78 is 9.87. The molecule has 0 bridgehead atoms. The number of aliphatic hydroxyl groups excluding tert-OH is 2. The monoisotopic (exact) mass is 239 g/mol. The summed E-state index contributed by atoms with van der Waals surface area (Å²) in [6.45, 7) is 0. The molecule has 0 aliphatic rings. The molecule has 3 N–H and O–H groups in total. The molecular weight excluding hydrogens is 226 g/mol. The fourth-order valence-electron chi connectivity index (χ4n) is 1.40. The Bertz CT molecular complexity index is 440. The highest BCUT2D eigenvalue weighted by molar-refractivity contribution is 5.51. The third-order valence-corrected chi connectivity index (χ3v) is 2.28. The lowest BCUT2D eigenvalue weighted by Crippen LogP contribution is -2.16. The van der Waals surface area contributed by atoms with Crippen LogP contribution in [0.25, 0.3) is 0 Å². The van der Waals surface area contributed by atoms with Gasteiger partial charge in [0.05, 0.1) is 25.9 Å². The van der Waals surface area contributed by atoms with Crippen LogP contribution in [0.2, 0.25) is 0 Å². The quantitative estimate of drug-likeness (QED) is 0.654. The minimum Gasteiger partial charge on any atom is -0.507 e. The van der Waals surface area contributed by atoms with E-state index < -0.39 is 12.2 Å². The van der Waals surface area contributed by atoms with E-state index in [1.807, 2.05) is 0 Å². The molecule has 1 aromatic carbocycles. The first-order valence-electron chi connectivity index (χ1n) is 4.75. The topological polar surface area (TPSA) is 103 Å². The summed E-state index contributed by atoms with van der Waals surface area (Å²) in [4.78, 5) is 0. The first-order valence-corrected chi connectivity index (χ1v) is 4.75. The lowest BCUT2D eigenvalue weighted by atomic mass is 10.0. The fraction of sp³-hybridized carbons (Fsp3) is 0.364. The molecule has 17 heavy (non-hydrogen) atoms. The summed E-state index contributed by atoms with van der Waals surface area (Å²) in [7, 11) is 2.75. The number of nitriles is 1.